The van der Waals surface area contributed by atoms with Crippen LogP contribution in [-0.2, 0) is 13.0 Å². The largest absolute Gasteiger partial charge is 0.449 e. The van der Waals surface area contributed by atoms with E-state index in [0.29, 0.717) is 43.0 Å². The summed E-state index contributed by atoms with van der Waals surface area (Å²) >= 11 is 0. The second kappa shape index (κ2) is 8.13. The fourth-order valence-corrected chi connectivity index (χ4v) is 4.10. The Labute approximate surface area is 177 Å². The van der Waals surface area contributed by atoms with Crippen LogP contribution in [0.4, 0.5) is 10.1 Å². The number of aliphatic hydroxyl groups is 1. The van der Waals surface area contributed by atoms with Crippen molar-refractivity contribution in [3.8, 4) is 0 Å². The van der Waals surface area contributed by atoms with Crippen LogP contribution in [0.15, 0.2) is 51.7 Å². The number of aromatic amines is 1. The van der Waals surface area contributed by atoms with Gasteiger partial charge in [0.25, 0.3) is 5.56 Å². The minimum Gasteiger partial charge on any atom is -0.449 e. The van der Waals surface area contributed by atoms with Gasteiger partial charge in [-0.05, 0) is 48.7 Å². The number of hydrogen-bond acceptors (Lipinski definition) is 6. The zero-order valence-electron chi connectivity index (χ0n) is 16.9. The number of benzene rings is 2. The number of aliphatic hydroxyl groups excluding tert-OH is 1. The van der Waals surface area contributed by atoms with Crippen molar-refractivity contribution in [1.29, 1.82) is 0 Å². The Kier molecular flexibility index (Phi) is 5.17. The van der Waals surface area contributed by atoms with Crippen molar-refractivity contribution in [3.63, 3.8) is 0 Å². The summed E-state index contributed by atoms with van der Waals surface area (Å²) in [5.74, 6) is 0.318. The number of hydrogen-bond donors (Lipinski definition) is 3. The number of anilines is 1. The average Bonchev–Trinajstić information content (AvgIpc) is 3.31. The fraction of sp³-hybridized carbons (Fsp3) is 0.304. The molecule has 3 heterocycles. The van der Waals surface area contributed by atoms with Gasteiger partial charge in [-0.25, -0.2) is 9.37 Å². The quantitative estimate of drug-likeness (QED) is 0.442. The molecule has 0 spiro atoms. The Morgan fingerprint density at radius 3 is 3.00 bits per heavy atom. The minimum absolute atomic E-state index is 0.206. The van der Waals surface area contributed by atoms with Gasteiger partial charge in [-0.3, -0.25) is 9.69 Å². The van der Waals surface area contributed by atoms with Gasteiger partial charge in [0.15, 0.2) is 0 Å². The zero-order valence-corrected chi connectivity index (χ0v) is 16.9. The predicted octanol–water partition coefficient (Wildman–Crippen LogP) is 3.03. The highest BCUT2D eigenvalue weighted by atomic mass is 19.1. The molecule has 1 saturated heterocycles. The van der Waals surface area contributed by atoms with E-state index in [2.05, 4.69) is 20.2 Å². The van der Waals surface area contributed by atoms with Gasteiger partial charge < -0.3 is 19.8 Å². The molecule has 0 amide bonds. The molecule has 0 bridgehead atoms. The van der Waals surface area contributed by atoms with Crippen molar-refractivity contribution < 1.29 is 13.9 Å². The van der Waals surface area contributed by atoms with E-state index in [1.165, 1.54) is 12.1 Å². The summed E-state index contributed by atoms with van der Waals surface area (Å²) in [6, 6.07) is 12.2. The van der Waals surface area contributed by atoms with Crippen molar-refractivity contribution in [2.75, 3.05) is 25.0 Å². The molecule has 3 N–H and O–H groups in total. The maximum absolute atomic E-state index is 13.3. The van der Waals surface area contributed by atoms with Crippen LogP contribution in [0.25, 0.3) is 22.1 Å². The second-order valence-corrected chi connectivity index (χ2v) is 7.99. The molecule has 0 saturated carbocycles. The van der Waals surface area contributed by atoms with Gasteiger partial charge in [0.1, 0.15) is 22.7 Å². The molecular weight excluding hydrogens is 399 g/mol. The summed E-state index contributed by atoms with van der Waals surface area (Å²) in [5, 5.41) is 13.8. The van der Waals surface area contributed by atoms with E-state index in [4.69, 9.17) is 4.42 Å². The number of nitrogens with zero attached hydrogens (tertiary/aromatic N) is 2. The minimum atomic E-state index is -0.328. The first-order valence-corrected chi connectivity index (χ1v) is 10.4. The summed E-state index contributed by atoms with van der Waals surface area (Å²) in [6.07, 6.45) is 1.09. The summed E-state index contributed by atoms with van der Waals surface area (Å²) < 4.78 is 19.1. The molecule has 31 heavy (non-hydrogen) atoms. The van der Waals surface area contributed by atoms with Crippen molar-refractivity contribution in [2.24, 2.45) is 0 Å². The summed E-state index contributed by atoms with van der Waals surface area (Å²) in [5.41, 5.74) is 2.82. The Morgan fingerprint density at radius 1 is 1.29 bits per heavy atom. The highest BCUT2D eigenvalue weighted by Gasteiger charge is 2.22. The highest BCUT2D eigenvalue weighted by Crippen LogP contribution is 2.28. The number of H-pyrrole nitrogens is 1. The predicted molar refractivity (Wildman–Crippen MR) is 117 cm³/mol. The van der Waals surface area contributed by atoms with Gasteiger partial charge in [0.2, 0.25) is 5.58 Å². The van der Waals surface area contributed by atoms with Crippen LogP contribution in [0.2, 0.25) is 0 Å². The molecule has 160 valence electrons. The zero-order chi connectivity index (χ0) is 21.4. The van der Waals surface area contributed by atoms with E-state index in [1.54, 1.807) is 6.07 Å². The molecule has 7 nitrogen and oxygen atoms in total. The number of nitrogens with one attached hydrogen (secondary N) is 2. The number of furan rings is 1. The molecule has 5 rings (SSSR count). The maximum Gasteiger partial charge on any atom is 0.294 e. The SMILES string of the molecule is O=c1[nH]c(CN2CC[C@H](O)C2)nc2c1oc1ccc(NCCc3cccc(F)c3)cc12. The number of halogens is 1. The van der Waals surface area contributed by atoms with Crippen LogP contribution >= 0.6 is 0 Å². The first kappa shape index (κ1) is 19.7. The molecule has 4 aromatic rings. The molecule has 0 unspecified atom stereocenters. The molecule has 1 aliphatic heterocycles. The van der Waals surface area contributed by atoms with Gasteiger partial charge in [-0.15, -0.1) is 0 Å². The molecule has 1 atom stereocenters. The third-order valence-electron chi connectivity index (χ3n) is 5.63. The lowest BCUT2D eigenvalue weighted by atomic mass is 10.1. The lowest BCUT2D eigenvalue weighted by Crippen LogP contribution is -2.24. The van der Waals surface area contributed by atoms with E-state index in [1.807, 2.05) is 24.3 Å². The normalized spacial score (nSPS) is 17.0. The standard InChI is InChI=1S/C23H23FN4O3/c24-15-3-1-2-14(10-15)6-8-25-16-4-5-19-18(11-16)21-22(31-19)23(30)27-20(26-21)13-28-9-7-17(29)12-28/h1-5,10-11,17,25,29H,6-9,12-13H2,(H,26,27,30)/t17-/m0/s1. The summed E-state index contributed by atoms with van der Waals surface area (Å²) in [6.45, 7) is 2.46. The van der Waals surface area contributed by atoms with Crippen LogP contribution in [0, 0.1) is 5.82 Å². The van der Waals surface area contributed by atoms with Crippen molar-refractivity contribution in [2.45, 2.75) is 25.5 Å². The maximum atomic E-state index is 13.3. The third kappa shape index (κ3) is 4.17. The lowest BCUT2D eigenvalue weighted by Gasteiger charge is -2.13. The van der Waals surface area contributed by atoms with Gasteiger partial charge in [0.05, 0.1) is 12.6 Å². The first-order chi connectivity index (χ1) is 15.0. The number of aromatic nitrogens is 2. The number of rotatable bonds is 6. The van der Waals surface area contributed by atoms with E-state index < -0.39 is 0 Å². The smallest absolute Gasteiger partial charge is 0.294 e. The fourth-order valence-electron chi connectivity index (χ4n) is 4.10. The van der Waals surface area contributed by atoms with Gasteiger partial charge in [-0.1, -0.05) is 12.1 Å². The number of fused-ring (bicyclic) bond motifs is 3. The molecule has 8 heteroatoms. The molecule has 1 fully saturated rings. The molecule has 1 aliphatic rings. The second-order valence-electron chi connectivity index (χ2n) is 7.99. The summed E-state index contributed by atoms with van der Waals surface area (Å²) in [4.78, 5) is 22.1. The van der Waals surface area contributed by atoms with Gasteiger partial charge in [-0.2, -0.15) is 0 Å². The molecule has 0 aliphatic carbocycles. The third-order valence-corrected chi connectivity index (χ3v) is 5.63. The van der Waals surface area contributed by atoms with Crippen molar-refractivity contribution in [1.82, 2.24) is 14.9 Å². The molecular formula is C23H23FN4O3. The Morgan fingerprint density at radius 2 is 2.19 bits per heavy atom. The Bertz CT molecular complexity index is 1300. The number of likely N-dealkylation sites (tertiary alicyclic amines) is 1. The highest BCUT2D eigenvalue weighted by molar-refractivity contribution is 6.03. The van der Waals surface area contributed by atoms with E-state index in [9.17, 15) is 14.3 Å². The Balaban J connectivity index is 1.39. The average molecular weight is 422 g/mol. The monoisotopic (exact) mass is 422 g/mol. The lowest BCUT2D eigenvalue weighted by molar-refractivity contribution is 0.174. The van der Waals surface area contributed by atoms with Crippen LogP contribution in [-0.4, -0.2) is 45.7 Å². The topological polar surface area (TPSA) is 94.4 Å². The van der Waals surface area contributed by atoms with E-state index >= 15 is 0 Å². The Hall–Kier alpha value is -3.23. The number of β-amino-alcohol motifs (C(OH)–C–C–N with tert-alkyl or cyclic N) is 1. The van der Waals surface area contributed by atoms with Crippen LogP contribution in [0.5, 0.6) is 0 Å². The summed E-state index contributed by atoms with van der Waals surface area (Å²) in [7, 11) is 0. The van der Waals surface area contributed by atoms with Gasteiger partial charge in [0, 0.05) is 30.7 Å². The van der Waals surface area contributed by atoms with Crippen LogP contribution < -0.4 is 10.9 Å². The molecule has 2 aromatic carbocycles. The molecule has 2 aromatic heterocycles. The van der Waals surface area contributed by atoms with E-state index in [-0.39, 0.29) is 23.1 Å². The van der Waals surface area contributed by atoms with E-state index in [0.717, 1.165) is 29.6 Å². The van der Waals surface area contributed by atoms with Gasteiger partial charge >= 0.3 is 0 Å². The molecule has 0 radical (unpaired) electrons. The first-order valence-electron chi connectivity index (χ1n) is 10.4. The van der Waals surface area contributed by atoms with Crippen LogP contribution in [0.3, 0.4) is 0 Å². The van der Waals surface area contributed by atoms with Crippen LogP contribution in [0.1, 0.15) is 17.8 Å². The van der Waals surface area contributed by atoms with Crippen molar-refractivity contribution >= 4 is 27.8 Å². The van der Waals surface area contributed by atoms with Crippen molar-refractivity contribution in [3.05, 3.63) is 70.0 Å².